The molecule has 2 heterocycles. The number of urea groups is 1. The predicted molar refractivity (Wildman–Crippen MR) is 129 cm³/mol. The Morgan fingerprint density at radius 1 is 1.05 bits per heavy atom. The van der Waals surface area contributed by atoms with E-state index in [2.05, 4.69) is 9.97 Å². The van der Waals surface area contributed by atoms with Crippen molar-refractivity contribution in [1.82, 2.24) is 14.9 Å². The Kier molecular flexibility index (Phi) is 7.21. The third-order valence-corrected chi connectivity index (χ3v) is 7.15. The minimum Gasteiger partial charge on any atom is -0.369 e. The number of benzene rings is 1. The highest BCUT2D eigenvalue weighted by molar-refractivity contribution is 5.91. The number of primary amides is 2. The molecule has 1 aromatic carbocycles. The van der Waals surface area contributed by atoms with Gasteiger partial charge >= 0.3 is 18.4 Å². The molecule has 1 aliphatic carbocycles. The number of nitrogens with zero attached hydrogens (tertiary/aromatic N) is 3. The van der Waals surface area contributed by atoms with E-state index in [0.29, 0.717) is 16.7 Å². The maximum atomic E-state index is 13.4. The average molecular weight is 554 g/mol. The van der Waals surface area contributed by atoms with E-state index in [-0.39, 0.29) is 55.9 Å². The number of hydrogen-bond donors (Lipinski definition) is 2. The zero-order valence-electron chi connectivity index (χ0n) is 20.8. The summed E-state index contributed by atoms with van der Waals surface area (Å²) in [5, 5.41) is 0. The molecule has 0 bridgehead atoms. The smallest absolute Gasteiger partial charge is 0.369 e. The molecule has 2 aromatic rings. The summed E-state index contributed by atoms with van der Waals surface area (Å²) >= 11 is 0. The van der Waals surface area contributed by atoms with E-state index < -0.39 is 41.0 Å². The summed E-state index contributed by atoms with van der Waals surface area (Å²) < 4.78 is 80.1. The summed E-state index contributed by atoms with van der Waals surface area (Å²) in [6, 6.07) is 4.80. The maximum absolute atomic E-state index is 13.4. The van der Waals surface area contributed by atoms with Crippen LogP contribution >= 0.6 is 0 Å². The number of hydrogen-bond acceptors (Lipinski definition) is 4. The van der Waals surface area contributed by atoms with Crippen molar-refractivity contribution in [3.63, 3.8) is 0 Å². The Hall–Kier alpha value is -3.90. The Bertz CT molecular complexity index is 1380. The number of carbonyl (C=O) groups is 2. The second-order valence-corrected chi connectivity index (χ2v) is 9.62. The molecule has 3 amide bonds. The van der Waals surface area contributed by atoms with Gasteiger partial charge in [-0.3, -0.25) is 4.79 Å². The van der Waals surface area contributed by atoms with Gasteiger partial charge in [-0.25, -0.2) is 14.8 Å². The molecular formula is C26H25F6N5O2. The van der Waals surface area contributed by atoms with Crippen LogP contribution in [0.15, 0.2) is 47.6 Å². The Labute approximate surface area is 219 Å². The third-order valence-electron chi connectivity index (χ3n) is 7.15. The quantitative estimate of drug-likeness (QED) is 0.518. The first-order valence-corrected chi connectivity index (χ1v) is 12.0. The first-order chi connectivity index (χ1) is 18.1. The van der Waals surface area contributed by atoms with Gasteiger partial charge in [-0.2, -0.15) is 26.3 Å². The number of nitrogens with two attached hydrogens (primary N) is 2. The molecule has 0 saturated carbocycles. The predicted octanol–water partition coefficient (Wildman–Crippen LogP) is 4.80. The molecule has 4 N–H and O–H groups in total. The standard InChI is InChI=1S/C26H25F6N5O2/c1-14-11-20(26(30,31)32)36-21(35-14)6-9-24(22(33)38)8-5-17(15-3-2-4-16(12-15)25(27,28)29)18-7-10-37(23(34)39)13-19(18)24/h2-5,11-12H,6-10,13H2,1H3,(H2,33,38)(H2,34,39). The summed E-state index contributed by atoms with van der Waals surface area (Å²) in [5.41, 5.74) is 9.76. The summed E-state index contributed by atoms with van der Waals surface area (Å²) in [6.45, 7) is 1.45. The lowest BCUT2D eigenvalue weighted by Gasteiger charge is -2.43. The molecule has 1 unspecified atom stereocenters. The minimum atomic E-state index is -4.70. The molecule has 4 rings (SSSR count). The summed E-state index contributed by atoms with van der Waals surface area (Å²) in [6.07, 6.45) is -7.73. The van der Waals surface area contributed by atoms with Gasteiger partial charge < -0.3 is 16.4 Å². The normalized spacial score (nSPS) is 20.0. The van der Waals surface area contributed by atoms with Gasteiger partial charge in [0.25, 0.3) is 0 Å². The van der Waals surface area contributed by atoms with E-state index in [1.165, 1.54) is 24.0 Å². The van der Waals surface area contributed by atoms with Crippen LogP contribution in [-0.2, 0) is 23.6 Å². The summed E-state index contributed by atoms with van der Waals surface area (Å²) in [7, 11) is 0. The van der Waals surface area contributed by atoms with Gasteiger partial charge in [0.2, 0.25) is 5.91 Å². The number of alkyl halides is 6. The highest BCUT2D eigenvalue weighted by Gasteiger charge is 2.46. The van der Waals surface area contributed by atoms with Crippen LogP contribution in [0.5, 0.6) is 0 Å². The second-order valence-electron chi connectivity index (χ2n) is 9.62. The van der Waals surface area contributed by atoms with Crippen molar-refractivity contribution in [1.29, 1.82) is 0 Å². The molecule has 208 valence electrons. The summed E-state index contributed by atoms with van der Waals surface area (Å²) in [4.78, 5) is 34.0. The summed E-state index contributed by atoms with van der Waals surface area (Å²) in [5.74, 6) is -0.926. The molecule has 13 heteroatoms. The molecular weight excluding hydrogens is 528 g/mol. The van der Waals surface area contributed by atoms with Gasteiger partial charge in [-0.05, 0) is 66.7 Å². The molecule has 0 saturated heterocycles. The molecule has 0 radical (unpaired) electrons. The van der Waals surface area contributed by atoms with Gasteiger partial charge in [0.1, 0.15) is 11.5 Å². The van der Waals surface area contributed by atoms with Crippen molar-refractivity contribution in [2.75, 3.05) is 13.1 Å². The van der Waals surface area contributed by atoms with E-state index >= 15 is 0 Å². The average Bonchev–Trinajstić information content (AvgIpc) is 2.85. The fourth-order valence-corrected chi connectivity index (χ4v) is 5.20. The fourth-order valence-electron chi connectivity index (χ4n) is 5.20. The first-order valence-electron chi connectivity index (χ1n) is 12.0. The van der Waals surface area contributed by atoms with Crippen LogP contribution in [0.3, 0.4) is 0 Å². The molecule has 7 nitrogen and oxygen atoms in total. The van der Waals surface area contributed by atoms with Crippen LogP contribution < -0.4 is 11.5 Å². The van der Waals surface area contributed by atoms with Crippen molar-refractivity contribution >= 4 is 17.5 Å². The van der Waals surface area contributed by atoms with E-state index in [1.807, 2.05) is 0 Å². The van der Waals surface area contributed by atoms with Crippen LogP contribution in [0.25, 0.3) is 5.57 Å². The zero-order valence-corrected chi connectivity index (χ0v) is 20.8. The highest BCUT2D eigenvalue weighted by Crippen LogP contribution is 2.49. The largest absolute Gasteiger partial charge is 0.433 e. The van der Waals surface area contributed by atoms with E-state index in [1.54, 1.807) is 6.08 Å². The topological polar surface area (TPSA) is 115 Å². The van der Waals surface area contributed by atoms with Gasteiger partial charge in [0.15, 0.2) is 0 Å². The first kappa shape index (κ1) is 28.1. The van der Waals surface area contributed by atoms with Crippen LogP contribution in [0, 0.1) is 12.3 Å². The van der Waals surface area contributed by atoms with Crippen molar-refractivity contribution in [2.24, 2.45) is 16.9 Å². The number of rotatable bonds is 5. The number of carbonyl (C=O) groups excluding carboxylic acids is 2. The van der Waals surface area contributed by atoms with Crippen LogP contribution in [0.1, 0.15) is 47.6 Å². The number of allylic oxidation sites excluding steroid dienone is 2. The number of amides is 3. The van der Waals surface area contributed by atoms with Crippen molar-refractivity contribution in [2.45, 2.75) is 45.0 Å². The number of aromatic nitrogens is 2. The second kappa shape index (κ2) is 10.0. The van der Waals surface area contributed by atoms with Crippen molar-refractivity contribution in [3.05, 3.63) is 75.9 Å². The van der Waals surface area contributed by atoms with Crippen LogP contribution in [0.2, 0.25) is 0 Å². The Balaban J connectivity index is 1.78. The lowest BCUT2D eigenvalue weighted by atomic mass is 9.65. The molecule has 1 aromatic heterocycles. The van der Waals surface area contributed by atoms with Gasteiger partial charge in [-0.1, -0.05) is 18.2 Å². The van der Waals surface area contributed by atoms with Gasteiger partial charge in [0.05, 0.1) is 11.0 Å². The van der Waals surface area contributed by atoms with Gasteiger partial charge in [0, 0.05) is 25.2 Å². The minimum absolute atomic E-state index is 0.0444. The SMILES string of the molecule is Cc1cc(C(F)(F)F)nc(CCC2(C(N)=O)CC=C(c3cccc(C(F)(F)F)c3)C3=C2CN(C(N)=O)CC3)n1. The Morgan fingerprint density at radius 3 is 2.38 bits per heavy atom. The lowest BCUT2D eigenvalue weighted by Crippen LogP contribution is -2.49. The highest BCUT2D eigenvalue weighted by atomic mass is 19.4. The van der Waals surface area contributed by atoms with Crippen LogP contribution in [0.4, 0.5) is 31.1 Å². The van der Waals surface area contributed by atoms with Crippen molar-refractivity contribution in [3.8, 4) is 0 Å². The lowest BCUT2D eigenvalue weighted by molar-refractivity contribution is -0.141. The van der Waals surface area contributed by atoms with E-state index in [9.17, 15) is 35.9 Å². The maximum Gasteiger partial charge on any atom is 0.433 e. The molecule has 0 fully saturated rings. The van der Waals surface area contributed by atoms with Crippen molar-refractivity contribution < 1.29 is 35.9 Å². The monoisotopic (exact) mass is 553 g/mol. The molecule has 1 atom stereocenters. The molecule has 1 aliphatic heterocycles. The number of halogens is 6. The van der Waals surface area contributed by atoms with Gasteiger partial charge in [-0.15, -0.1) is 0 Å². The fraction of sp³-hybridized carbons (Fsp3) is 0.385. The molecule has 2 aliphatic rings. The molecule has 0 spiro atoms. The Morgan fingerprint density at radius 2 is 1.77 bits per heavy atom. The van der Waals surface area contributed by atoms with E-state index in [0.717, 1.165) is 18.2 Å². The zero-order chi connectivity index (χ0) is 28.8. The molecule has 39 heavy (non-hydrogen) atoms. The van der Waals surface area contributed by atoms with E-state index in [4.69, 9.17) is 11.5 Å². The third kappa shape index (κ3) is 5.62. The van der Waals surface area contributed by atoms with Crippen LogP contribution in [-0.4, -0.2) is 39.9 Å². The number of aryl methyl sites for hydroxylation is 2.